The second kappa shape index (κ2) is 6.83. The molecule has 3 rings (SSSR count). The van der Waals surface area contributed by atoms with E-state index in [1.165, 1.54) is 5.56 Å². The average molecular weight is 301 g/mol. The number of benzene rings is 1. The molecule has 0 spiro atoms. The minimum absolute atomic E-state index is 0.355. The summed E-state index contributed by atoms with van der Waals surface area (Å²) in [5.41, 5.74) is 1.24. The third-order valence-corrected chi connectivity index (χ3v) is 4.05. The largest absolute Gasteiger partial charge is 0.497 e. The molecule has 2 heterocycles. The Bertz CT molecular complexity index is 598. The van der Waals surface area contributed by atoms with Crippen LogP contribution in [0.1, 0.15) is 18.9 Å². The van der Waals surface area contributed by atoms with Crippen molar-refractivity contribution in [3.05, 3.63) is 42.2 Å². The molecule has 2 aromatic rings. The van der Waals surface area contributed by atoms with Gasteiger partial charge in [-0.25, -0.2) is 0 Å². The van der Waals surface area contributed by atoms with Crippen LogP contribution in [0.5, 0.6) is 11.5 Å². The Morgan fingerprint density at radius 2 is 2.41 bits per heavy atom. The van der Waals surface area contributed by atoms with Crippen molar-refractivity contribution in [3.8, 4) is 11.5 Å². The number of aryl methyl sites for hydroxylation is 1. The summed E-state index contributed by atoms with van der Waals surface area (Å²) in [6, 6.07) is 8.79. The van der Waals surface area contributed by atoms with Crippen LogP contribution in [0.25, 0.3) is 0 Å². The minimum Gasteiger partial charge on any atom is -0.497 e. The number of nitrogens with one attached hydrogen (secondary N) is 1. The zero-order valence-electron chi connectivity index (χ0n) is 13.2. The van der Waals surface area contributed by atoms with E-state index in [4.69, 9.17) is 9.47 Å². The van der Waals surface area contributed by atoms with Crippen molar-refractivity contribution in [2.75, 3.05) is 13.7 Å². The maximum absolute atomic E-state index is 5.87. The molecule has 0 saturated carbocycles. The molecule has 118 valence electrons. The summed E-state index contributed by atoms with van der Waals surface area (Å²) in [4.78, 5) is 0. The van der Waals surface area contributed by atoms with E-state index in [0.29, 0.717) is 18.7 Å². The van der Waals surface area contributed by atoms with Gasteiger partial charge in [-0.1, -0.05) is 6.07 Å². The molecule has 1 aliphatic heterocycles. The molecule has 1 aliphatic rings. The predicted molar refractivity (Wildman–Crippen MR) is 85.4 cm³/mol. The molecule has 1 aromatic carbocycles. The summed E-state index contributed by atoms with van der Waals surface area (Å²) in [7, 11) is 1.68. The summed E-state index contributed by atoms with van der Waals surface area (Å²) < 4.78 is 13.1. The van der Waals surface area contributed by atoms with Crippen LogP contribution < -0.4 is 14.8 Å². The van der Waals surface area contributed by atoms with E-state index in [2.05, 4.69) is 23.4 Å². The van der Waals surface area contributed by atoms with E-state index >= 15 is 0 Å². The number of hydrogen-bond acceptors (Lipinski definition) is 4. The monoisotopic (exact) mass is 301 g/mol. The molecule has 0 bridgehead atoms. The molecule has 5 nitrogen and oxygen atoms in total. The summed E-state index contributed by atoms with van der Waals surface area (Å²) >= 11 is 0. The zero-order valence-corrected chi connectivity index (χ0v) is 13.2. The Kier molecular flexibility index (Phi) is 4.63. The van der Waals surface area contributed by atoms with Gasteiger partial charge in [0.25, 0.3) is 0 Å². The topological polar surface area (TPSA) is 48.3 Å². The number of aromatic nitrogens is 2. The van der Waals surface area contributed by atoms with Crippen molar-refractivity contribution in [2.45, 2.75) is 38.4 Å². The fraction of sp³-hybridized carbons (Fsp3) is 0.471. The Balaban J connectivity index is 1.51. The SMILES string of the molecule is COc1ccc2c(c1)OC[C@@H](N[C@H](C)CCn1cccn1)C2. The molecular formula is C17H23N3O2. The van der Waals surface area contributed by atoms with Gasteiger partial charge in [0.2, 0.25) is 0 Å². The summed E-state index contributed by atoms with van der Waals surface area (Å²) in [5, 5.41) is 7.89. The van der Waals surface area contributed by atoms with Crippen LogP contribution in [0.3, 0.4) is 0 Å². The second-order valence-electron chi connectivity index (χ2n) is 5.81. The minimum atomic E-state index is 0.355. The van der Waals surface area contributed by atoms with Crippen molar-refractivity contribution in [1.82, 2.24) is 15.1 Å². The van der Waals surface area contributed by atoms with Gasteiger partial charge >= 0.3 is 0 Å². The first-order chi connectivity index (χ1) is 10.7. The highest BCUT2D eigenvalue weighted by Gasteiger charge is 2.21. The smallest absolute Gasteiger partial charge is 0.126 e. The Morgan fingerprint density at radius 3 is 3.18 bits per heavy atom. The normalized spacial score (nSPS) is 18.4. The number of nitrogens with zero attached hydrogens (tertiary/aromatic N) is 2. The summed E-state index contributed by atoms with van der Waals surface area (Å²) in [5.74, 6) is 1.79. The van der Waals surface area contributed by atoms with Crippen LogP contribution in [0.2, 0.25) is 0 Å². The second-order valence-corrected chi connectivity index (χ2v) is 5.81. The van der Waals surface area contributed by atoms with Gasteiger partial charge in [-0.05, 0) is 37.5 Å². The molecule has 2 atom stereocenters. The number of fused-ring (bicyclic) bond motifs is 1. The highest BCUT2D eigenvalue weighted by Crippen LogP contribution is 2.29. The summed E-state index contributed by atoms with van der Waals surface area (Å²) in [6.45, 7) is 3.85. The Labute approximate surface area is 131 Å². The molecule has 22 heavy (non-hydrogen) atoms. The highest BCUT2D eigenvalue weighted by atomic mass is 16.5. The molecule has 1 aromatic heterocycles. The van der Waals surface area contributed by atoms with Crippen LogP contribution >= 0.6 is 0 Å². The van der Waals surface area contributed by atoms with Crippen molar-refractivity contribution in [3.63, 3.8) is 0 Å². The molecule has 0 amide bonds. The van der Waals surface area contributed by atoms with E-state index in [9.17, 15) is 0 Å². The fourth-order valence-corrected chi connectivity index (χ4v) is 2.83. The lowest BCUT2D eigenvalue weighted by molar-refractivity contribution is 0.224. The van der Waals surface area contributed by atoms with Crippen molar-refractivity contribution >= 4 is 0 Å². The molecule has 0 fully saturated rings. The van der Waals surface area contributed by atoms with Crippen molar-refractivity contribution in [2.24, 2.45) is 0 Å². The maximum atomic E-state index is 5.87. The third-order valence-electron chi connectivity index (χ3n) is 4.05. The molecule has 1 N–H and O–H groups in total. The Morgan fingerprint density at radius 1 is 1.50 bits per heavy atom. The third kappa shape index (κ3) is 3.60. The fourth-order valence-electron chi connectivity index (χ4n) is 2.83. The predicted octanol–water partition coefficient (Wildman–Crippen LogP) is 2.26. The quantitative estimate of drug-likeness (QED) is 0.889. The number of methoxy groups -OCH3 is 1. The van der Waals surface area contributed by atoms with E-state index in [-0.39, 0.29) is 0 Å². The van der Waals surface area contributed by atoms with E-state index in [1.54, 1.807) is 7.11 Å². The highest BCUT2D eigenvalue weighted by molar-refractivity contribution is 5.42. The van der Waals surface area contributed by atoms with Gasteiger partial charge in [0.1, 0.15) is 18.1 Å². The van der Waals surface area contributed by atoms with Crippen LogP contribution in [0.15, 0.2) is 36.7 Å². The van der Waals surface area contributed by atoms with Gasteiger partial charge in [0, 0.05) is 37.1 Å². The van der Waals surface area contributed by atoms with Crippen LogP contribution in [0.4, 0.5) is 0 Å². The van der Waals surface area contributed by atoms with Gasteiger partial charge in [-0.2, -0.15) is 5.10 Å². The summed E-state index contributed by atoms with van der Waals surface area (Å²) in [6.07, 6.45) is 5.86. The number of rotatable bonds is 6. The average Bonchev–Trinajstić information content (AvgIpc) is 3.06. The molecule has 0 unspecified atom stereocenters. The number of ether oxygens (including phenoxy) is 2. The van der Waals surface area contributed by atoms with Gasteiger partial charge in [-0.15, -0.1) is 0 Å². The first-order valence-corrected chi connectivity index (χ1v) is 7.78. The van der Waals surface area contributed by atoms with Crippen molar-refractivity contribution < 1.29 is 9.47 Å². The first-order valence-electron chi connectivity index (χ1n) is 7.78. The van der Waals surface area contributed by atoms with Crippen molar-refractivity contribution in [1.29, 1.82) is 0 Å². The van der Waals surface area contributed by atoms with Crippen LogP contribution in [0, 0.1) is 0 Å². The maximum Gasteiger partial charge on any atom is 0.126 e. The van der Waals surface area contributed by atoms with Gasteiger partial charge in [-0.3, -0.25) is 4.68 Å². The van der Waals surface area contributed by atoms with Crippen LogP contribution in [-0.4, -0.2) is 35.6 Å². The lowest BCUT2D eigenvalue weighted by atomic mass is 10.0. The van der Waals surface area contributed by atoms with Gasteiger partial charge in [0.05, 0.1) is 7.11 Å². The zero-order chi connectivity index (χ0) is 15.4. The first kappa shape index (κ1) is 14.9. The lowest BCUT2D eigenvalue weighted by Crippen LogP contribution is -2.44. The molecule has 5 heteroatoms. The molecular weight excluding hydrogens is 278 g/mol. The molecule has 0 saturated heterocycles. The number of hydrogen-bond donors (Lipinski definition) is 1. The Hall–Kier alpha value is -2.01. The molecule has 0 aliphatic carbocycles. The van der Waals surface area contributed by atoms with E-state index in [0.717, 1.165) is 30.9 Å². The van der Waals surface area contributed by atoms with Gasteiger partial charge < -0.3 is 14.8 Å². The standard InChI is InChI=1S/C17H23N3O2/c1-13(6-9-20-8-3-7-18-20)19-15-10-14-4-5-16(21-2)11-17(14)22-12-15/h3-5,7-8,11,13,15,19H,6,9-10,12H2,1-2H3/t13-,15+/m1/s1. The van der Waals surface area contributed by atoms with E-state index in [1.807, 2.05) is 35.3 Å². The lowest BCUT2D eigenvalue weighted by Gasteiger charge is -2.29. The van der Waals surface area contributed by atoms with Crippen LogP contribution in [-0.2, 0) is 13.0 Å². The van der Waals surface area contributed by atoms with E-state index < -0.39 is 0 Å². The molecule has 0 radical (unpaired) electrons. The van der Waals surface area contributed by atoms with Gasteiger partial charge in [0.15, 0.2) is 0 Å².